The molecule has 0 aliphatic rings. The van der Waals surface area contributed by atoms with E-state index < -0.39 is 0 Å². The second kappa shape index (κ2) is 5.96. The topological polar surface area (TPSA) is 26.3 Å². The van der Waals surface area contributed by atoms with Crippen LogP contribution < -0.4 is 0 Å². The molecule has 0 aliphatic heterocycles. The molecule has 0 N–H and O–H groups in total. The van der Waals surface area contributed by atoms with Gasteiger partial charge >= 0.3 is 5.97 Å². The number of hydrogen-bond donors (Lipinski definition) is 0. The maximum atomic E-state index is 11.0. The molecule has 11 heavy (non-hydrogen) atoms. The SMILES string of the molecule is CC=C[CH]C(C)C(=O)OCC. The van der Waals surface area contributed by atoms with Crippen LogP contribution in [0.2, 0.25) is 0 Å². The number of esters is 1. The zero-order chi connectivity index (χ0) is 8.69. The molecule has 0 saturated carbocycles. The lowest BCUT2D eigenvalue weighted by Crippen LogP contribution is -2.14. The third-order valence-corrected chi connectivity index (χ3v) is 1.25. The van der Waals surface area contributed by atoms with Gasteiger partial charge in [0, 0.05) is 0 Å². The van der Waals surface area contributed by atoms with Crippen molar-refractivity contribution in [1.29, 1.82) is 0 Å². The maximum Gasteiger partial charge on any atom is 0.309 e. The quantitative estimate of drug-likeness (QED) is 0.580. The second-order valence-electron chi connectivity index (χ2n) is 2.26. The van der Waals surface area contributed by atoms with Crippen LogP contribution in [0, 0.1) is 12.3 Å². The maximum absolute atomic E-state index is 11.0. The van der Waals surface area contributed by atoms with Crippen molar-refractivity contribution in [3.05, 3.63) is 18.6 Å². The molecule has 1 unspecified atom stereocenters. The monoisotopic (exact) mass is 155 g/mol. The summed E-state index contributed by atoms with van der Waals surface area (Å²) in [5.41, 5.74) is 0. The summed E-state index contributed by atoms with van der Waals surface area (Å²) in [6.07, 6.45) is 5.55. The summed E-state index contributed by atoms with van der Waals surface area (Å²) in [5, 5.41) is 0. The van der Waals surface area contributed by atoms with Gasteiger partial charge in [-0.1, -0.05) is 19.1 Å². The van der Waals surface area contributed by atoms with Crippen molar-refractivity contribution in [3.63, 3.8) is 0 Å². The summed E-state index contributed by atoms with van der Waals surface area (Å²) in [6.45, 7) is 5.99. The Balaban J connectivity index is 3.63. The lowest BCUT2D eigenvalue weighted by Gasteiger charge is -2.06. The van der Waals surface area contributed by atoms with Crippen molar-refractivity contribution >= 4 is 5.97 Å². The number of ether oxygens (including phenoxy) is 1. The fraction of sp³-hybridized carbons (Fsp3) is 0.556. The Morgan fingerprint density at radius 3 is 2.73 bits per heavy atom. The van der Waals surface area contributed by atoms with Gasteiger partial charge < -0.3 is 4.74 Å². The highest BCUT2D eigenvalue weighted by Gasteiger charge is 2.11. The van der Waals surface area contributed by atoms with Crippen LogP contribution in [0.3, 0.4) is 0 Å². The second-order valence-corrected chi connectivity index (χ2v) is 2.26. The molecule has 63 valence electrons. The van der Waals surface area contributed by atoms with Gasteiger partial charge in [0.05, 0.1) is 12.5 Å². The standard InChI is InChI=1S/C9H15O2/c1-4-6-7-8(3)9(10)11-5-2/h4,6-8H,5H2,1-3H3. The van der Waals surface area contributed by atoms with Gasteiger partial charge in [-0.25, -0.2) is 0 Å². The van der Waals surface area contributed by atoms with E-state index in [1.54, 1.807) is 6.92 Å². The van der Waals surface area contributed by atoms with Crippen molar-refractivity contribution in [1.82, 2.24) is 0 Å². The number of hydrogen-bond acceptors (Lipinski definition) is 2. The summed E-state index contributed by atoms with van der Waals surface area (Å²) in [6, 6.07) is 0. The molecule has 0 aromatic rings. The van der Waals surface area contributed by atoms with Crippen molar-refractivity contribution in [2.24, 2.45) is 5.92 Å². The first-order valence-corrected chi connectivity index (χ1v) is 3.85. The molecule has 0 fully saturated rings. The van der Waals surface area contributed by atoms with Crippen LogP contribution in [0.4, 0.5) is 0 Å². The average molecular weight is 155 g/mol. The Hall–Kier alpha value is -0.790. The van der Waals surface area contributed by atoms with Crippen molar-refractivity contribution in [2.45, 2.75) is 20.8 Å². The molecule has 0 heterocycles. The zero-order valence-electron chi connectivity index (χ0n) is 7.33. The Kier molecular flexibility index (Phi) is 5.53. The minimum atomic E-state index is -0.161. The van der Waals surface area contributed by atoms with Gasteiger partial charge in [-0.15, -0.1) is 0 Å². The van der Waals surface area contributed by atoms with Crippen LogP contribution in [0.25, 0.3) is 0 Å². The predicted octanol–water partition coefficient (Wildman–Crippen LogP) is 1.97. The van der Waals surface area contributed by atoms with Crippen molar-refractivity contribution in [3.8, 4) is 0 Å². The van der Waals surface area contributed by atoms with Crippen LogP contribution in [0.5, 0.6) is 0 Å². The Labute approximate surface area is 68.2 Å². The number of allylic oxidation sites excluding steroid dienone is 2. The van der Waals surface area contributed by atoms with Crippen LogP contribution in [-0.4, -0.2) is 12.6 Å². The number of rotatable bonds is 4. The molecule has 0 aliphatic carbocycles. The molecular weight excluding hydrogens is 140 g/mol. The summed E-state index contributed by atoms with van der Waals surface area (Å²) in [5.74, 6) is -0.295. The summed E-state index contributed by atoms with van der Waals surface area (Å²) >= 11 is 0. The van der Waals surface area contributed by atoms with Crippen LogP contribution in [0.1, 0.15) is 20.8 Å². The molecule has 0 spiro atoms. The Bertz CT molecular complexity index is 138. The van der Waals surface area contributed by atoms with E-state index >= 15 is 0 Å². The van der Waals surface area contributed by atoms with Gasteiger partial charge in [-0.2, -0.15) is 0 Å². The molecule has 1 atom stereocenters. The van der Waals surface area contributed by atoms with Gasteiger partial charge in [0.25, 0.3) is 0 Å². The third-order valence-electron chi connectivity index (χ3n) is 1.25. The van der Waals surface area contributed by atoms with E-state index in [-0.39, 0.29) is 11.9 Å². The van der Waals surface area contributed by atoms with Gasteiger partial charge in [-0.05, 0) is 20.3 Å². The molecule has 2 heteroatoms. The summed E-state index contributed by atoms with van der Waals surface area (Å²) in [4.78, 5) is 11.0. The van der Waals surface area contributed by atoms with Crippen molar-refractivity contribution in [2.75, 3.05) is 6.61 Å². The first kappa shape index (κ1) is 10.2. The van der Waals surface area contributed by atoms with E-state index in [1.807, 2.05) is 32.4 Å². The minimum Gasteiger partial charge on any atom is -0.466 e. The van der Waals surface area contributed by atoms with Gasteiger partial charge in [0.15, 0.2) is 0 Å². The molecule has 0 aromatic carbocycles. The molecule has 0 saturated heterocycles. The molecule has 0 bridgehead atoms. The first-order chi connectivity index (χ1) is 5.22. The van der Waals surface area contributed by atoms with E-state index in [0.29, 0.717) is 6.61 Å². The third kappa shape index (κ3) is 4.59. The molecule has 0 rings (SSSR count). The summed E-state index contributed by atoms with van der Waals surface area (Å²) < 4.78 is 4.80. The number of carbonyl (C=O) groups is 1. The lowest BCUT2D eigenvalue weighted by atomic mass is 10.1. The fourth-order valence-corrected chi connectivity index (χ4v) is 0.630. The highest BCUT2D eigenvalue weighted by atomic mass is 16.5. The normalized spacial score (nSPS) is 13.4. The minimum absolute atomic E-state index is 0.133. The van der Waals surface area contributed by atoms with Gasteiger partial charge in [0.1, 0.15) is 0 Å². The van der Waals surface area contributed by atoms with Crippen LogP contribution >= 0.6 is 0 Å². The van der Waals surface area contributed by atoms with E-state index in [2.05, 4.69) is 0 Å². The highest BCUT2D eigenvalue weighted by molar-refractivity contribution is 5.73. The van der Waals surface area contributed by atoms with Gasteiger partial charge in [-0.3, -0.25) is 4.79 Å². The Morgan fingerprint density at radius 1 is 1.64 bits per heavy atom. The van der Waals surface area contributed by atoms with E-state index in [9.17, 15) is 4.79 Å². The first-order valence-electron chi connectivity index (χ1n) is 3.85. The van der Waals surface area contributed by atoms with E-state index in [4.69, 9.17) is 4.74 Å². The van der Waals surface area contributed by atoms with Gasteiger partial charge in [0.2, 0.25) is 0 Å². The molecule has 0 aromatic heterocycles. The van der Waals surface area contributed by atoms with Crippen LogP contribution in [0.15, 0.2) is 12.2 Å². The fourth-order valence-electron chi connectivity index (χ4n) is 0.630. The molecule has 2 nitrogen and oxygen atoms in total. The largest absolute Gasteiger partial charge is 0.466 e. The van der Waals surface area contributed by atoms with Crippen molar-refractivity contribution < 1.29 is 9.53 Å². The van der Waals surface area contributed by atoms with E-state index in [0.717, 1.165) is 0 Å². The summed E-state index contributed by atoms with van der Waals surface area (Å²) in [7, 11) is 0. The average Bonchev–Trinajstić information content (AvgIpc) is 2.00. The smallest absolute Gasteiger partial charge is 0.309 e. The molecule has 0 amide bonds. The Morgan fingerprint density at radius 2 is 2.27 bits per heavy atom. The highest BCUT2D eigenvalue weighted by Crippen LogP contribution is 2.03. The lowest BCUT2D eigenvalue weighted by molar-refractivity contribution is -0.146. The zero-order valence-corrected chi connectivity index (χ0v) is 7.33. The van der Waals surface area contributed by atoms with Crippen LogP contribution in [-0.2, 0) is 9.53 Å². The molecular formula is C9H15O2. The molecule has 1 radical (unpaired) electrons. The predicted molar refractivity (Wildman–Crippen MR) is 44.9 cm³/mol. The van der Waals surface area contributed by atoms with E-state index in [1.165, 1.54) is 0 Å². The number of carbonyl (C=O) groups excluding carboxylic acids is 1.